The highest BCUT2D eigenvalue weighted by molar-refractivity contribution is 5.76. The molecule has 0 saturated carbocycles. The molecular formula is C19H24N2O3. The highest BCUT2D eigenvalue weighted by Gasteiger charge is 2.23. The van der Waals surface area contributed by atoms with E-state index in [1.807, 2.05) is 42.2 Å². The number of hydrogen-bond donors (Lipinski definition) is 1. The third kappa shape index (κ3) is 3.85. The number of piperidine rings is 1. The smallest absolute Gasteiger partial charge is 0.223 e. The molecule has 0 radical (unpaired) electrons. The Labute approximate surface area is 142 Å². The van der Waals surface area contributed by atoms with Gasteiger partial charge in [0.15, 0.2) is 11.7 Å². The van der Waals surface area contributed by atoms with Gasteiger partial charge in [-0.25, -0.2) is 4.98 Å². The number of aryl methyl sites for hydroxylation is 2. The van der Waals surface area contributed by atoms with Gasteiger partial charge in [0.05, 0.1) is 5.69 Å². The van der Waals surface area contributed by atoms with Crippen molar-refractivity contribution in [2.45, 2.75) is 32.6 Å². The molecule has 1 atom stereocenters. The van der Waals surface area contributed by atoms with Crippen LogP contribution in [0.2, 0.25) is 0 Å². The second-order valence-electron chi connectivity index (χ2n) is 6.42. The van der Waals surface area contributed by atoms with Gasteiger partial charge in [0.2, 0.25) is 5.91 Å². The van der Waals surface area contributed by atoms with Crippen LogP contribution in [0.3, 0.4) is 0 Å². The van der Waals surface area contributed by atoms with Crippen molar-refractivity contribution < 1.29 is 14.3 Å². The highest BCUT2D eigenvalue weighted by Crippen LogP contribution is 2.25. The maximum Gasteiger partial charge on any atom is 0.223 e. The molecule has 1 aliphatic rings. The van der Waals surface area contributed by atoms with E-state index in [0.29, 0.717) is 25.3 Å². The molecule has 3 rings (SSSR count). The minimum atomic E-state index is 0.116. The summed E-state index contributed by atoms with van der Waals surface area (Å²) >= 11 is 0. The minimum absolute atomic E-state index is 0.116. The van der Waals surface area contributed by atoms with Gasteiger partial charge in [0.25, 0.3) is 0 Å². The fraction of sp³-hybridized carbons (Fsp3) is 0.474. The molecule has 2 heterocycles. The number of likely N-dealkylation sites (tertiary alicyclic amines) is 1. The molecule has 1 fully saturated rings. The lowest BCUT2D eigenvalue weighted by Gasteiger charge is -2.31. The highest BCUT2D eigenvalue weighted by atomic mass is 16.4. The van der Waals surface area contributed by atoms with Crippen LogP contribution in [0.4, 0.5) is 0 Å². The Morgan fingerprint density at radius 1 is 1.38 bits per heavy atom. The van der Waals surface area contributed by atoms with Crippen molar-refractivity contribution in [2.75, 3.05) is 19.7 Å². The number of aliphatic hydroxyl groups excluding tert-OH is 1. The summed E-state index contributed by atoms with van der Waals surface area (Å²) in [5.41, 5.74) is 1.85. The third-order valence-electron chi connectivity index (χ3n) is 4.56. The van der Waals surface area contributed by atoms with Gasteiger partial charge in [-0.3, -0.25) is 4.79 Å². The molecule has 0 spiro atoms. The third-order valence-corrected chi connectivity index (χ3v) is 4.56. The van der Waals surface area contributed by atoms with E-state index in [1.54, 1.807) is 0 Å². The van der Waals surface area contributed by atoms with Gasteiger partial charge in [-0.1, -0.05) is 30.3 Å². The van der Waals surface area contributed by atoms with Gasteiger partial charge in [-0.15, -0.1) is 0 Å². The molecule has 5 heteroatoms. The van der Waals surface area contributed by atoms with Crippen LogP contribution in [0.5, 0.6) is 0 Å². The summed E-state index contributed by atoms with van der Waals surface area (Å²) in [5, 5.41) is 9.28. The summed E-state index contributed by atoms with van der Waals surface area (Å²) < 4.78 is 5.86. The van der Waals surface area contributed by atoms with Crippen molar-refractivity contribution in [3.8, 4) is 11.3 Å². The zero-order valence-electron chi connectivity index (χ0n) is 14.1. The topological polar surface area (TPSA) is 66.6 Å². The molecular weight excluding hydrogens is 304 g/mol. The number of benzene rings is 1. The molecule has 1 aliphatic heterocycles. The number of aromatic nitrogens is 1. The summed E-state index contributed by atoms with van der Waals surface area (Å²) in [4.78, 5) is 18.7. The van der Waals surface area contributed by atoms with Crippen LogP contribution < -0.4 is 0 Å². The number of rotatable bonds is 5. The van der Waals surface area contributed by atoms with E-state index in [0.717, 1.165) is 36.4 Å². The van der Waals surface area contributed by atoms with Gasteiger partial charge in [0.1, 0.15) is 0 Å². The molecule has 0 aliphatic carbocycles. The number of aliphatic hydroxyl groups is 1. The van der Waals surface area contributed by atoms with E-state index in [9.17, 15) is 9.90 Å². The van der Waals surface area contributed by atoms with Crippen molar-refractivity contribution in [1.29, 1.82) is 0 Å². The summed E-state index contributed by atoms with van der Waals surface area (Å²) in [6.45, 7) is 3.53. The van der Waals surface area contributed by atoms with Gasteiger partial charge in [-0.2, -0.15) is 0 Å². The number of amides is 1. The summed E-state index contributed by atoms with van der Waals surface area (Å²) in [5.74, 6) is 1.72. The quantitative estimate of drug-likeness (QED) is 0.916. The van der Waals surface area contributed by atoms with Crippen LogP contribution in [0.15, 0.2) is 34.7 Å². The first-order valence-electron chi connectivity index (χ1n) is 8.57. The van der Waals surface area contributed by atoms with Crippen LogP contribution in [-0.4, -0.2) is 40.6 Å². The van der Waals surface area contributed by atoms with Crippen molar-refractivity contribution in [1.82, 2.24) is 9.88 Å². The Hall–Kier alpha value is -2.14. The Morgan fingerprint density at radius 2 is 2.17 bits per heavy atom. The molecule has 0 bridgehead atoms. The first kappa shape index (κ1) is 16.7. The molecule has 2 aromatic rings. The Bertz CT molecular complexity index is 681. The van der Waals surface area contributed by atoms with Crippen molar-refractivity contribution in [2.24, 2.45) is 5.92 Å². The van der Waals surface area contributed by atoms with Crippen LogP contribution in [0.1, 0.15) is 30.8 Å². The number of carbonyl (C=O) groups excluding carboxylic acids is 1. The molecule has 1 aromatic heterocycles. The predicted octanol–water partition coefficient (Wildman–Crippen LogP) is 2.81. The van der Waals surface area contributed by atoms with E-state index in [1.165, 1.54) is 0 Å². The fourth-order valence-corrected chi connectivity index (χ4v) is 3.23. The van der Waals surface area contributed by atoms with E-state index in [4.69, 9.17) is 4.42 Å². The maximum absolute atomic E-state index is 12.4. The van der Waals surface area contributed by atoms with Gasteiger partial charge < -0.3 is 14.4 Å². The minimum Gasteiger partial charge on any atom is -0.440 e. The lowest BCUT2D eigenvalue weighted by Crippen LogP contribution is -2.41. The first-order valence-corrected chi connectivity index (χ1v) is 8.57. The van der Waals surface area contributed by atoms with Gasteiger partial charge in [-0.05, 0) is 25.7 Å². The lowest BCUT2D eigenvalue weighted by molar-refractivity contribution is -0.133. The Kier molecular flexibility index (Phi) is 5.30. The first-order chi connectivity index (χ1) is 11.7. The summed E-state index contributed by atoms with van der Waals surface area (Å²) in [6, 6.07) is 9.88. The molecule has 24 heavy (non-hydrogen) atoms. The lowest BCUT2D eigenvalue weighted by atomic mass is 9.99. The van der Waals surface area contributed by atoms with E-state index >= 15 is 0 Å². The van der Waals surface area contributed by atoms with Crippen LogP contribution >= 0.6 is 0 Å². The fourth-order valence-electron chi connectivity index (χ4n) is 3.23. The largest absolute Gasteiger partial charge is 0.440 e. The molecule has 1 unspecified atom stereocenters. The second kappa shape index (κ2) is 7.62. The standard InChI is InChI=1S/C19H24N2O3/c1-14-19(16-7-3-2-4-8-16)24-17(20-14)9-10-18(23)21-11-5-6-15(12-21)13-22/h2-4,7-8,15,22H,5-6,9-13H2,1H3. The Morgan fingerprint density at radius 3 is 2.92 bits per heavy atom. The van der Waals surface area contributed by atoms with E-state index in [2.05, 4.69) is 4.98 Å². The predicted molar refractivity (Wildman–Crippen MR) is 91.4 cm³/mol. The number of oxazole rings is 1. The van der Waals surface area contributed by atoms with Crippen molar-refractivity contribution in [3.05, 3.63) is 41.9 Å². The monoisotopic (exact) mass is 328 g/mol. The number of hydrogen-bond acceptors (Lipinski definition) is 4. The van der Waals surface area contributed by atoms with E-state index < -0.39 is 0 Å². The average Bonchev–Trinajstić information content (AvgIpc) is 3.01. The maximum atomic E-state index is 12.4. The SMILES string of the molecule is Cc1nc(CCC(=O)N2CCCC(CO)C2)oc1-c1ccccc1. The van der Waals surface area contributed by atoms with Gasteiger partial charge in [0, 0.05) is 38.1 Å². The number of nitrogens with zero attached hydrogens (tertiary/aromatic N) is 2. The molecule has 1 aromatic carbocycles. The zero-order chi connectivity index (χ0) is 16.9. The molecule has 1 saturated heterocycles. The Balaban J connectivity index is 1.60. The van der Waals surface area contributed by atoms with Crippen molar-refractivity contribution >= 4 is 5.91 Å². The summed E-state index contributed by atoms with van der Waals surface area (Å²) in [6.07, 6.45) is 2.87. The van der Waals surface area contributed by atoms with Crippen LogP contribution in [-0.2, 0) is 11.2 Å². The molecule has 1 N–H and O–H groups in total. The van der Waals surface area contributed by atoms with E-state index in [-0.39, 0.29) is 18.4 Å². The van der Waals surface area contributed by atoms with Crippen LogP contribution in [0, 0.1) is 12.8 Å². The normalized spacial score (nSPS) is 17.9. The second-order valence-corrected chi connectivity index (χ2v) is 6.42. The van der Waals surface area contributed by atoms with Crippen LogP contribution in [0.25, 0.3) is 11.3 Å². The molecule has 5 nitrogen and oxygen atoms in total. The number of carbonyl (C=O) groups is 1. The summed E-state index contributed by atoms with van der Waals surface area (Å²) in [7, 11) is 0. The molecule has 128 valence electrons. The zero-order valence-corrected chi connectivity index (χ0v) is 14.1. The van der Waals surface area contributed by atoms with Gasteiger partial charge >= 0.3 is 0 Å². The average molecular weight is 328 g/mol. The van der Waals surface area contributed by atoms with Crippen molar-refractivity contribution in [3.63, 3.8) is 0 Å². The molecule has 1 amide bonds.